The van der Waals surface area contributed by atoms with E-state index in [0.717, 1.165) is 16.1 Å². The zero-order chi connectivity index (χ0) is 20.9. The van der Waals surface area contributed by atoms with Gasteiger partial charge >= 0.3 is 0 Å². The molecular formula is C19H21Cl2FN2O3S. The minimum atomic E-state index is -3.75. The molecule has 1 atom stereocenters. The summed E-state index contributed by atoms with van der Waals surface area (Å²) in [6.07, 6.45) is 2.31. The molecule has 2 aromatic rings. The lowest BCUT2D eigenvalue weighted by molar-refractivity contribution is -0.121. The normalized spacial score (nSPS) is 12.5. The molecule has 0 saturated heterocycles. The summed E-state index contributed by atoms with van der Waals surface area (Å²) in [5.74, 6) is -0.742. The predicted octanol–water partition coefficient (Wildman–Crippen LogP) is 4.04. The minimum Gasteiger partial charge on any atom is -0.354 e. The number of nitrogens with one attached hydrogen (secondary N) is 1. The number of hydrogen-bond acceptors (Lipinski definition) is 3. The molecule has 0 radical (unpaired) electrons. The van der Waals surface area contributed by atoms with Gasteiger partial charge in [-0.3, -0.25) is 9.10 Å². The molecule has 0 bridgehead atoms. The maximum Gasteiger partial charge on any atom is 0.243 e. The standard InChI is InChI=1S/C19H21Cl2FN2O3S/c1-13(19(25)23-9-3-4-14-5-7-17(22)8-6-14)24(28(2,26)27)18-11-15(20)10-16(21)12-18/h5-8,10-13H,3-4,9H2,1-2H3,(H,23,25)/t13-/m1/s1. The zero-order valence-electron chi connectivity index (χ0n) is 15.5. The van der Waals surface area contributed by atoms with E-state index in [1.807, 2.05) is 0 Å². The van der Waals surface area contributed by atoms with Crippen LogP contribution in [0.15, 0.2) is 42.5 Å². The molecule has 28 heavy (non-hydrogen) atoms. The summed E-state index contributed by atoms with van der Waals surface area (Å²) in [6, 6.07) is 9.51. The Balaban J connectivity index is 2.02. The molecule has 2 aromatic carbocycles. The lowest BCUT2D eigenvalue weighted by atomic mass is 10.1. The highest BCUT2D eigenvalue weighted by Gasteiger charge is 2.29. The fourth-order valence-corrected chi connectivity index (χ4v) is 4.45. The molecule has 1 amide bonds. The third kappa shape index (κ3) is 6.36. The van der Waals surface area contributed by atoms with Crippen molar-refractivity contribution in [3.05, 3.63) is 63.9 Å². The van der Waals surface area contributed by atoms with E-state index >= 15 is 0 Å². The Bertz CT molecular complexity index is 916. The topological polar surface area (TPSA) is 66.5 Å². The summed E-state index contributed by atoms with van der Waals surface area (Å²) in [5, 5.41) is 3.26. The molecule has 0 aliphatic carbocycles. The number of nitrogens with zero attached hydrogens (tertiary/aromatic N) is 1. The van der Waals surface area contributed by atoms with Crippen LogP contribution in [0.3, 0.4) is 0 Å². The zero-order valence-corrected chi connectivity index (χ0v) is 17.8. The van der Waals surface area contributed by atoms with Gasteiger partial charge in [0.1, 0.15) is 11.9 Å². The SMILES string of the molecule is C[C@H](C(=O)NCCCc1ccc(F)cc1)N(c1cc(Cl)cc(Cl)c1)S(C)(=O)=O. The summed E-state index contributed by atoms with van der Waals surface area (Å²) in [7, 11) is -3.75. The number of sulfonamides is 1. The molecule has 0 unspecified atom stereocenters. The van der Waals surface area contributed by atoms with Crippen molar-refractivity contribution < 1.29 is 17.6 Å². The van der Waals surface area contributed by atoms with Crippen molar-refractivity contribution in [3.63, 3.8) is 0 Å². The number of carbonyl (C=O) groups excluding carboxylic acids is 1. The van der Waals surface area contributed by atoms with Gasteiger partial charge in [0.15, 0.2) is 0 Å². The van der Waals surface area contributed by atoms with E-state index in [1.54, 1.807) is 12.1 Å². The van der Waals surface area contributed by atoms with Crippen molar-refractivity contribution in [2.45, 2.75) is 25.8 Å². The van der Waals surface area contributed by atoms with Crippen LogP contribution in [-0.4, -0.2) is 33.2 Å². The van der Waals surface area contributed by atoms with Gasteiger partial charge in [-0.15, -0.1) is 0 Å². The Morgan fingerprint density at radius 3 is 2.25 bits per heavy atom. The molecular weight excluding hydrogens is 426 g/mol. The first-order valence-electron chi connectivity index (χ1n) is 8.55. The van der Waals surface area contributed by atoms with Crippen molar-refractivity contribution in [1.29, 1.82) is 0 Å². The van der Waals surface area contributed by atoms with E-state index in [2.05, 4.69) is 5.32 Å². The van der Waals surface area contributed by atoms with Crippen molar-refractivity contribution in [3.8, 4) is 0 Å². The Morgan fingerprint density at radius 2 is 1.71 bits per heavy atom. The average molecular weight is 447 g/mol. The summed E-state index contributed by atoms with van der Waals surface area (Å²) in [6.45, 7) is 1.85. The molecule has 0 aromatic heterocycles. The molecule has 0 fully saturated rings. The molecule has 0 heterocycles. The first kappa shape index (κ1) is 22.5. The second kappa shape index (κ2) is 9.58. The summed E-state index contributed by atoms with van der Waals surface area (Å²) in [4.78, 5) is 12.5. The Morgan fingerprint density at radius 1 is 1.14 bits per heavy atom. The Labute approximate surface area is 174 Å². The van der Waals surface area contributed by atoms with Crippen LogP contribution < -0.4 is 9.62 Å². The third-order valence-electron chi connectivity index (χ3n) is 4.05. The lowest BCUT2D eigenvalue weighted by Crippen LogP contribution is -2.48. The molecule has 152 valence electrons. The molecule has 5 nitrogen and oxygen atoms in total. The molecule has 0 aliphatic rings. The van der Waals surface area contributed by atoms with Crippen LogP contribution in [-0.2, 0) is 21.2 Å². The predicted molar refractivity (Wildman–Crippen MR) is 111 cm³/mol. The van der Waals surface area contributed by atoms with E-state index in [0.29, 0.717) is 19.4 Å². The third-order valence-corrected chi connectivity index (χ3v) is 5.72. The number of carbonyl (C=O) groups is 1. The molecule has 9 heteroatoms. The van der Waals surface area contributed by atoms with Gasteiger partial charge in [0.25, 0.3) is 0 Å². The van der Waals surface area contributed by atoms with Crippen LogP contribution in [0.25, 0.3) is 0 Å². The van der Waals surface area contributed by atoms with Crippen LogP contribution in [0.5, 0.6) is 0 Å². The van der Waals surface area contributed by atoms with Crippen molar-refractivity contribution in [1.82, 2.24) is 5.32 Å². The number of amides is 1. The van der Waals surface area contributed by atoms with Gasteiger partial charge in [-0.1, -0.05) is 35.3 Å². The first-order chi connectivity index (χ1) is 13.1. The second-order valence-corrected chi connectivity index (χ2v) is 9.12. The first-order valence-corrected chi connectivity index (χ1v) is 11.2. The summed E-state index contributed by atoms with van der Waals surface area (Å²) < 4.78 is 38.4. The monoisotopic (exact) mass is 446 g/mol. The second-order valence-electron chi connectivity index (χ2n) is 6.38. The van der Waals surface area contributed by atoms with Crippen molar-refractivity contribution >= 4 is 44.8 Å². The van der Waals surface area contributed by atoms with Gasteiger partial charge in [0, 0.05) is 16.6 Å². The molecule has 2 rings (SSSR count). The van der Waals surface area contributed by atoms with Crippen LogP contribution in [0.4, 0.5) is 10.1 Å². The van der Waals surface area contributed by atoms with Gasteiger partial charge < -0.3 is 5.32 Å². The number of hydrogen-bond donors (Lipinski definition) is 1. The maximum atomic E-state index is 12.9. The quantitative estimate of drug-likeness (QED) is 0.622. The maximum absolute atomic E-state index is 12.9. The van der Waals surface area contributed by atoms with Gasteiger partial charge in [-0.05, 0) is 55.7 Å². The smallest absolute Gasteiger partial charge is 0.243 e. The van der Waals surface area contributed by atoms with Gasteiger partial charge in [-0.25, -0.2) is 12.8 Å². The molecule has 0 saturated carbocycles. The highest BCUT2D eigenvalue weighted by atomic mass is 35.5. The Hall–Kier alpha value is -1.83. The molecule has 0 aliphatic heterocycles. The van der Waals surface area contributed by atoms with Crippen LogP contribution >= 0.6 is 23.2 Å². The number of aryl methyl sites for hydroxylation is 1. The molecule has 0 spiro atoms. The van der Waals surface area contributed by atoms with Gasteiger partial charge in [0.2, 0.25) is 15.9 Å². The highest BCUT2D eigenvalue weighted by molar-refractivity contribution is 7.92. The van der Waals surface area contributed by atoms with E-state index in [9.17, 15) is 17.6 Å². The summed E-state index contributed by atoms with van der Waals surface area (Å²) >= 11 is 11.9. The van der Waals surface area contributed by atoms with Crippen molar-refractivity contribution in [2.75, 3.05) is 17.1 Å². The number of rotatable bonds is 8. The van der Waals surface area contributed by atoms with Crippen LogP contribution in [0, 0.1) is 5.82 Å². The fraction of sp³-hybridized carbons (Fsp3) is 0.316. The average Bonchev–Trinajstić information content (AvgIpc) is 2.58. The largest absolute Gasteiger partial charge is 0.354 e. The van der Waals surface area contributed by atoms with E-state index in [-0.39, 0.29) is 21.5 Å². The van der Waals surface area contributed by atoms with Crippen molar-refractivity contribution in [2.24, 2.45) is 0 Å². The van der Waals surface area contributed by atoms with E-state index < -0.39 is 22.0 Å². The van der Waals surface area contributed by atoms with E-state index in [4.69, 9.17) is 23.2 Å². The lowest BCUT2D eigenvalue weighted by Gasteiger charge is -2.28. The number of halogens is 3. The van der Waals surface area contributed by atoms with Gasteiger partial charge in [-0.2, -0.15) is 0 Å². The molecule has 1 N–H and O–H groups in total. The van der Waals surface area contributed by atoms with Crippen LogP contribution in [0.1, 0.15) is 18.9 Å². The number of anilines is 1. The van der Waals surface area contributed by atoms with Gasteiger partial charge in [0.05, 0.1) is 11.9 Å². The fourth-order valence-electron chi connectivity index (χ4n) is 2.78. The number of benzene rings is 2. The minimum absolute atomic E-state index is 0.217. The summed E-state index contributed by atoms with van der Waals surface area (Å²) in [5.41, 5.74) is 1.17. The highest BCUT2D eigenvalue weighted by Crippen LogP contribution is 2.28. The van der Waals surface area contributed by atoms with E-state index in [1.165, 1.54) is 37.3 Å². The Kier molecular flexibility index (Phi) is 7.69. The van der Waals surface area contributed by atoms with Crippen LogP contribution in [0.2, 0.25) is 10.0 Å².